The Morgan fingerprint density at radius 2 is 1.85 bits per heavy atom. The van der Waals surface area contributed by atoms with E-state index < -0.39 is 5.97 Å². The van der Waals surface area contributed by atoms with Gasteiger partial charge in [-0.2, -0.15) is 0 Å². The van der Waals surface area contributed by atoms with Crippen molar-refractivity contribution in [2.75, 3.05) is 13.2 Å². The predicted octanol–water partition coefficient (Wildman–Crippen LogP) is 3.77. The zero-order valence-electron chi connectivity index (χ0n) is 15.3. The normalized spacial score (nSPS) is 15.9. The van der Waals surface area contributed by atoms with Crippen LogP contribution in [0.1, 0.15) is 42.5 Å². The highest BCUT2D eigenvalue weighted by atomic mass is 32.1. The van der Waals surface area contributed by atoms with Gasteiger partial charge in [0.2, 0.25) is 5.91 Å². The molecule has 3 rings (SSSR count). The van der Waals surface area contributed by atoms with Crippen molar-refractivity contribution in [1.82, 2.24) is 5.32 Å². The third-order valence-corrected chi connectivity index (χ3v) is 6.19. The van der Waals surface area contributed by atoms with E-state index in [0.29, 0.717) is 12.3 Å². The topological polar surface area (TPSA) is 75.6 Å². The predicted molar refractivity (Wildman–Crippen MR) is 105 cm³/mol. The Bertz CT molecular complexity index is 749. The largest absolute Gasteiger partial charge is 0.482 e. The lowest BCUT2D eigenvalue weighted by atomic mass is 9.72. The molecular weight excluding hydrogens is 362 g/mol. The fourth-order valence-electron chi connectivity index (χ4n) is 3.68. The minimum atomic E-state index is -0.996. The summed E-state index contributed by atoms with van der Waals surface area (Å²) in [6.07, 6.45) is 5.98. The number of rotatable bonds is 8. The van der Waals surface area contributed by atoms with E-state index >= 15 is 0 Å². The third kappa shape index (κ3) is 4.89. The highest BCUT2D eigenvalue weighted by Gasteiger charge is 2.41. The van der Waals surface area contributed by atoms with E-state index in [0.717, 1.165) is 37.7 Å². The number of carbonyl (C=O) groups is 2. The molecule has 1 aliphatic carbocycles. The minimum absolute atomic E-state index is 0.145. The van der Waals surface area contributed by atoms with Crippen LogP contribution in [0.15, 0.2) is 41.8 Å². The van der Waals surface area contributed by atoms with Crippen LogP contribution < -0.4 is 10.1 Å². The van der Waals surface area contributed by atoms with E-state index in [4.69, 9.17) is 9.84 Å². The number of benzene rings is 1. The molecule has 1 fully saturated rings. The van der Waals surface area contributed by atoms with Crippen molar-refractivity contribution in [2.24, 2.45) is 0 Å². The zero-order chi connectivity index (χ0) is 19.1. The Hall–Kier alpha value is -2.34. The molecule has 2 N–H and O–H groups in total. The SMILES string of the molecule is O=C(O)COc1ccc(CCNC(=O)C2(c3cccs3)CCCCC2)cc1. The molecule has 1 amide bonds. The maximum atomic E-state index is 13.0. The highest BCUT2D eigenvalue weighted by molar-refractivity contribution is 7.10. The van der Waals surface area contributed by atoms with E-state index in [1.807, 2.05) is 23.6 Å². The molecule has 1 heterocycles. The van der Waals surface area contributed by atoms with Gasteiger partial charge in [-0.1, -0.05) is 37.5 Å². The number of carboxylic acids is 1. The van der Waals surface area contributed by atoms with Crippen LogP contribution >= 0.6 is 11.3 Å². The van der Waals surface area contributed by atoms with Crippen molar-refractivity contribution < 1.29 is 19.4 Å². The average Bonchev–Trinajstić information content (AvgIpc) is 3.23. The van der Waals surface area contributed by atoms with Crippen molar-refractivity contribution in [2.45, 2.75) is 43.9 Å². The second kappa shape index (κ2) is 9.04. The van der Waals surface area contributed by atoms with Crippen molar-refractivity contribution in [3.05, 3.63) is 52.2 Å². The smallest absolute Gasteiger partial charge is 0.341 e. The number of ether oxygens (including phenoxy) is 1. The van der Waals surface area contributed by atoms with Crippen LogP contribution in [0.4, 0.5) is 0 Å². The van der Waals surface area contributed by atoms with Gasteiger partial charge in [-0.3, -0.25) is 4.79 Å². The lowest BCUT2D eigenvalue weighted by molar-refractivity contribution is -0.139. The van der Waals surface area contributed by atoms with Crippen LogP contribution in [0.2, 0.25) is 0 Å². The first-order chi connectivity index (χ1) is 13.1. The molecular formula is C21H25NO4S. The second-order valence-electron chi connectivity index (χ2n) is 6.95. The molecule has 0 atom stereocenters. The van der Waals surface area contributed by atoms with E-state index in [2.05, 4.69) is 11.4 Å². The molecule has 6 heteroatoms. The van der Waals surface area contributed by atoms with Gasteiger partial charge in [-0.25, -0.2) is 4.79 Å². The van der Waals surface area contributed by atoms with Crippen molar-refractivity contribution in [3.63, 3.8) is 0 Å². The second-order valence-corrected chi connectivity index (χ2v) is 7.90. The Labute approximate surface area is 163 Å². The van der Waals surface area contributed by atoms with Crippen LogP contribution in [0.5, 0.6) is 5.75 Å². The molecule has 0 spiro atoms. The molecule has 0 aliphatic heterocycles. The van der Waals surface area contributed by atoms with Crippen LogP contribution in [-0.4, -0.2) is 30.1 Å². The maximum Gasteiger partial charge on any atom is 0.341 e. The Morgan fingerprint density at radius 1 is 1.11 bits per heavy atom. The standard InChI is InChI=1S/C21H25NO4S/c23-19(24)15-26-17-8-6-16(7-9-17)10-13-22-20(25)21(11-2-1-3-12-21)18-5-4-14-27-18/h4-9,14H,1-3,10-13,15H2,(H,22,25)(H,23,24). The molecule has 0 saturated heterocycles. The fraction of sp³-hybridized carbons (Fsp3) is 0.429. The van der Waals surface area contributed by atoms with Crippen molar-refractivity contribution in [3.8, 4) is 5.75 Å². The van der Waals surface area contributed by atoms with Crippen molar-refractivity contribution >= 4 is 23.2 Å². The number of aliphatic carboxylic acids is 1. The zero-order valence-corrected chi connectivity index (χ0v) is 16.1. The first-order valence-corrected chi connectivity index (χ1v) is 10.2. The first kappa shape index (κ1) is 19.4. The van der Waals surface area contributed by atoms with E-state index in [-0.39, 0.29) is 17.9 Å². The average molecular weight is 388 g/mol. The maximum absolute atomic E-state index is 13.0. The summed E-state index contributed by atoms with van der Waals surface area (Å²) in [6, 6.07) is 11.4. The van der Waals surface area contributed by atoms with Crippen LogP contribution in [0, 0.1) is 0 Å². The highest BCUT2D eigenvalue weighted by Crippen LogP contribution is 2.41. The molecule has 1 aliphatic rings. The summed E-state index contributed by atoms with van der Waals surface area (Å²) < 4.78 is 5.13. The molecule has 2 aromatic rings. The molecule has 1 aromatic carbocycles. The molecule has 1 saturated carbocycles. The fourth-order valence-corrected chi connectivity index (χ4v) is 4.66. The summed E-state index contributed by atoms with van der Waals surface area (Å²) in [7, 11) is 0. The molecule has 27 heavy (non-hydrogen) atoms. The van der Waals surface area contributed by atoms with Crippen LogP contribution in [-0.2, 0) is 21.4 Å². The lowest BCUT2D eigenvalue weighted by Gasteiger charge is -2.35. The molecule has 0 bridgehead atoms. The van der Waals surface area contributed by atoms with Gasteiger partial charge in [0.15, 0.2) is 6.61 Å². The number of amides is 1. The Balaban J connectivity index is 1.54. The summed E-state index contributed by atoms with van der Waals surface area (Å²) in [5.74, 6) is -0.320. The van der Waals surface area contributed by atoms with Gasteiger partial charge >= 0.3 is 5.97 Å². The van der Waals surface area contributed by atoms with Gasteiger partial charge in [0.05, 0.1) is 5.41 Å². The summed E-state index contributed by atoms with van der Waals surface area (Å²) in [6.45, 7) is 0.238. The molecule has 144 valence electrons. The summed E-state index contributed by atoms with van der Waals surface area (Å²) in [4.78, 5) is 24.7. The molecule has 5 nitrogen and oxygen atoms in total. The number of carbonyl (C=O) groups excluding carboxylic acids is 1. The number of hydrogen-bond donors (Lipinski definition) is 2. The number of hydrogen-bond acceptors (Lipinski definition) is 4. The van der Waals surface area contributed by atoms with Crippen LogP contribution in [0.25, 0.3) is 0 Å². The quantitative estimate of drug-likeness (QED) is 0.723. The third-order valence-electron chi connectivity index (χ3n) is 5.12. The number of nitrogens with one attached hydrogen (secondary N) is 1. The summed E-state index contributed by atoms with van der Waals surface area (Å²) in [5, 5.41) is 13.8. The van der Waals surface area contributed by atoms with E-state index in [1.165, 1.54) is 11.3 Å². The minimum Gasteiger partial charge on any atom is -0.482 e. The molecule has 0 radical (unpaired) electrons. The van der Waals surface area contributed by atoms with Gasteiger partial charge in [-0.15, -0.1) is 11.3 Å². The van der Waals surface area contributed by atoms with Crippen LogP contribution in [0.3, 0.4) is 0 Å². The molecule has 1 aromatic heterocycles. The van der Waals surface area contributed by atoms with Gasteiger partial charge in [0.1, 0.15) is 5.75 Å². The van der Waals surface area contributed by atoms with Gasteiger partial charge in [-0.05, 0) is 48.4 Å². The first-order valence-electron chi connectivity index (χ1n) is 9.36. The van der Waals surface area contributed by atoms with Crippen molar-refractivity contribution in [1.29, 1.82) is 0 Å². The summed E-state index contributed by atoms with van der Waals surface area (Å²) >= 11 is 1.68. The molecule has 0 unspecified atom stereocenters. The van der Waals surface area contributed by atoms with E-state index in [9.17, 15) is 9.59 Å². The van der Waals surface area contributed by atoms with Gasteiger partial charge < -0.3 is 15.2 Å². The van der Waals surface area contributed by atoms with Gasteiger partial charge in [0, 0.05) is 11.4 Å². The summed E-state index contributed by atoms with van der Waals surface area (Å²) in [5.41, 5.74) is 0.716. The monoisotopic (exact) mass is 387 g/mol. The Kier molecular flexibility index (Phi) is 6.50. The number of carboxylic acid groups (broad SMARTS) is 1. The lowest BCUT2D eigenvalue weighted by Crippen LogP contribution is -2.45. The van der Waals surface area contributed by atoms with Gasteiger partial charge in [0.25, 0.3) is 0 Å². The van der Waals surface area contributed by atoms with E-state index in [1.54, 1.807) is 23.5 Å². The number of thiophene rings is 1. The Morgan fingerprint density at radius 3 is 2.48 bits per heavy atom.